The van der Waals surface area contributed by atoms with Crippen LogP contribution in [0.5, 0.6) is 0 Å². The van der Waals surface area contributed by atoms with E-state index in [-0.39, 0.29) is 5.56 Å². The lowest BCUT2D eigenvalue weighted by Gasteiger charge is -2.08. The first-order valence-corrected chi connectivity index (χ1v) is 6.75. The van der Waals surface area contributed by atoms with Crippen molar-refractivity contribution in [1.29, 1.82) is 0 Å². The van der Waals surface area contributed by atoms with Gasteiger partial charge in [0.15, 0.2) is 0 Å². The highest BCUT2D eigenvalue weighted by molar-refractivity contribution is 5.23. The van der Waals surface area contributed by atoms with Crippen LogP contribution < -0.4 is 5.32 Å². The monoisotopic (exact) mass is 271 g/mol. The van der Waals surface area contributed by atoms with Gasteiger partial charge in [-0.05, 0) is 17.9 Å². The number of ether oxygens (including phenoxy) is 1. The molecule has 108 valence electrons. The van der Waals surface area contributed by atoms with E-state index in [1.807, 2.05) is 0 Å². The van der Waals surface area contributed by atoms with Crippen molar-refractivity contribution in [2.75, 3.05) is 19.8 Å². The second kappa shape index (κ2) is 8.99. The van der Waals surface area contributed by atoms with E-state index in [1.54, 1.807) is 12.1 Å². The zero-order valence-electron chi connectivity index (χ0n) is 11.7. The normalized spacial score (nSPS) is 11.5. The van der Waals surface area contributed by atoms with Crippen molar-refractivity contribution in [3.8, 4) is 0 Å². The number of nitrogens with one attached hydrogen (secondary N) is 1. The van der Waals surface area contributed by atoms with E-state index >= 15 is 0 Å². The number of rotatable bonds is 9. The molecule has 2 nitrogen and oxygen atoms in total. The fourth-order valence-electron chi connectivity index (χ4n) is 1.58. The molecule has 0 atom stereocenters. The fraction of sp³-hybridized carbons (Fsp3) is 0.600. The molecule has 0 heterocycles. The smallest absolute Gasteiger partial charge is 0.263 e. The molecule has 0 saturated carbocycles. The van der Waals surface area contributed by atoms with Crippen LogP contribution in [0.1, 0.15) is 37.8 Å². The minimum absolute atomic E-state index is 0.0702. The highest BCUT2D eigenvalue weighted by atomic mass is 19.3. The van der Waals surface area contributed by atoms with Gasteiger partial charge in [0.1, 0.15) is 0 Å². The van der Waals surface area contributed by atoms with Crippen molar-refractivity contribution >= 4 is 0 Å². The van der Waals surface area contributed by atoms with Crippen molar-refractivity contribution in [3.05, 3.63) is 35.4 Å². The van der Waals surface area contributed by atoms with E-state index in [1.165, 1.54) is 12.1 Å². The quantitative estimate of drug-likeness (QED) is 0.690. The van der Waals surface area contributed by atoms with Crippen molar-refractivity contribution in [2.24, 2.45) is 5.92 Å². The van der Waals surface area contributed by atoms with Gasteiger partial charge in [0.05, 0.1) is 6.61 Å². The molecule has 0 fully saturated rings. The average Bonchev–Trinajstić information content (AvgIpc) is 2.38. The Bertz CT molecular complexity index is 339. The van der Waals surface area contributed by atoms with E-state index in [2.05, 4.69) is 19.2 Å². The standard InChI is InChI=1S/C15H23F2NO/c1-12(2)7-9-19-10-8-18-11-13-3-5-14(6-4-13)15(16)17/h3-6,12,15,18H,7-11H2,1-2H3. The first-order valence-electron chi connectivity index (χ1n) is 6.75. The number of halogens is 2. The lowest BCUT2D eigenvalue weighted by molar-refractivity contribution is 0.125. The van der Waals surface area contributed by atoms with Crippen molar-refractivity contribution in [2.45, 2.75) is 33.2 Å². The van der Waals surface area contributed by atoms with Gasteiger partial charge in [-0.2, -0.15) is 0 Å². The predicted octanol–water partition coefficient (Wildman–Crippen LogP) is 3.78. The minimum Gasteiger partial charge on any atom is -0.380 e. The Hall–Kier alpha value is -1.00. The molecule has 1 rings (SSSR count). The molecule has 19 heavy (non-hydrogen) atoms. The molecule has 0 bridgehead atoms. The lowest BCUT2D eigenvalue weighted by Crippen LogP contribution is -2.19. The Morgan fingerprint density at radius 3 is 2.37 bits per heavy atom. The molecule has 1 aromatic carbocycles. The molecule has 4 heteroatoms. The Morgan fingerprint density at radius 1 is 1.11 bits per heavy atom. The molecule has 0 radical (unpaired) electrons. The first kappa shape index (κ1) is 16.1. The van der Waals surface area contributed by atoms with Gasteiger partial charge in [-0.3, -0.25) is 0 Å². The van der Waals surface area contributed by atoms with Crippen LogP contribution in [0.2, 0.25) is 0 Å². The zero-order chi connectivity index (χ0) is 14.1. The van der Waals surface area contributed by atoms with Crippen molar-refractivity contribution in [3.63, 3.8) is 0 Å². The second-order valence-corrected chi connectivity index (χ2v) is 5.01. The molecule has 1 aromatic rings. The maximum Gasteiger partial charge on any atom is 0.263 e. The molecule has 0 aliphatic heterocycles. The second-order valence-electron chi connectivity index (χ2n) is 5.01. The third-order valence-corrected chi connectivity index (χ3v) is 2.82. The molecule has 0 aliphatic carbocycles. The maximum absolute atomic E-state index is 12.3. The van der Waals surface area contributed by atoms with Crippen LogP contribution in [-0.4, -0.2) is 19.8 Å². The van der Waals surface area contributed by atoms with Crippen molar-refractivity contribution in [1.82, 2.24) is 5.32 Å². The highest BCUT2D eigenvalue weighted by Gasteiger charge is 2.05. The third kappa shape index (κ3) is 7.23. The van der Waals surface area contributed by atoms with Crippen LogP contribution in [0.25, 0.3) is 0 Å². The summed E-state index contributed by atoms with van der Waals surface area (Å²) >= 11 is 0. The Kier molecular flexibility index (Phi) is 7.60. The van der Waals surface area contributed by atoms with Gasteiger partial charge in [0, 0.05) is 25.3 Å². The van der Waals surface area contributed by atoms with Gasteiger partial charge in [-0.1, -0.05) is 38.1 Å². The first-order chi connectivity index (χ1) is 9.09. The maximum atomic E-state index is 12.3. The summed E-state index contributed by atoms with van der Waals surface area (Å²) in [6.45, 7) is 7.27. The van der Waals surface area contributed by atoms with Gasteiger partial charge in [-0.25, -0.2) is 8.78 Å². The van der Waals surface area contributed by atoms with Gasteiger partial charge in [-0.15, -0.1) is 0 Å². The van der Waals surface area contributed by atoms with E-state index in [0.29, 0.717) is 19.1 Å². The molecule has 0 saturated heterocycles. The molecule has 0 spiro atoms. The van der Waals surface area contributed by atoms with Crippen LogP contribution in [0.15, 0.2) is 24.3 Å². The van der Waals surface area contributed by atoms with E-state index < -0.39 is 6.43 Å². The molecular formula is C15H23F2NO. The topological polar surface area (TPSA) is 21.3 Å². The summed E-state index contributed by atoms with van der Waals surface area (Å²) in [5.41, 5.74) is 1.08. The van der Waals surface area contributed by atoms with E-state index in [4.69, 9.17) is 4.74 Å². The molecule has 0 unspecified atom stereocenters. The van der Waals surface area contributed by atoms with E-state index in [9.17, 15) is 8.78 Å². The summed E-state index contributed by atoms with van der Waals surface area (Å²) in [5, 5.41) is 3.23. The third-order valence-electron chi connectivity index (χ3n) is 2.82. The Balaban J connectivity index is 2.09. The number of hydrogen-bond donors (Lipinski definition) is 1. The number of benzene rings is 1. The lowest BCUT2D eigenvalue weighted by atomic mass is 10.1. The van der Waals surface area contributed by atoms with Gasteiger partial charge in [0.25, 0.3) is 6.43 Å². The summed E-state index contributed by atoms with van der Waals surface area (Å²) in [7, 11) is 0. The van der Waals surface area contributed by atoms with Crippen LogP contribution in [0, 0.1) is 5.92 Å². The van der Waals surface area contributed by atoms with Crippen molar-refractivity contribution < 1.29 is 13.5 Å². The van der Waals surface area contributed by atoms with Crippen LogP contribution >= 0.6 is 0 Å². The van der Waals surface area contributed by atoms with Crippen LogP contribution in [0.3, 0.4) is 0 Å². The van der Waals surface area contributed by atoms with Gasteiger partial charge < -0.3 is 10.1 Å². The van der Waals surface area contributed by atoms with Gasteiger partial charge in [0.2, 0.25) is 0 Å². The van der Waals surface area contributed by atoms with Gasteiger partial charge >= 0.3 is 0 Å². The number of alkyl halides is 2. The SMILES string of the molecule is CC(C)CCOCCNCc1ccc(C(F)F)cc1. The summed E-state index contributed by atoms with van der Waals surface area (Å²) in [4.78, 5) is 0. The minimum atomic E-state index is -2.39. The molecular weight excluding hydrogens is 248 g/mol. The number of hydrogen-bond acceptors (Lipinski definition) is 2. The zero-order valence-corrected chi connectivity index (χ0v) is 11.7. The highest BCUT2D eigenvalue weighted by Crippen LogP contribution is 2.18. The Morgan fingerprint density at radius 2 is 1.79 bits per heavy atom. The Labute approximate surface area is 114 Å². The molecule has 0 amide bonds. The fourth-order valence-corrected chi connectivity index (χ4v) is 1.58. The summed E-state index contributed by atoms with van der Waals surface area (Å²) in [6.07, 6.45) is -1.31. The largest absolute Gasteiger partial charge is 0.380 e. The summed E-state index contributed by atoms with van der Waals surface area (Å²) in [5.74, 6) is 0.668. The molecule has 0 aromatic heterocycles. The van der Waals surface area contributed by atoms with Crippen LogP contribution in [0.4, 0.5) is 8.78 Å². The van der Waals surface area contributed by atoms with Crippen LogP contribution in [-0.2, 0) is 11.3 Å². The summed E-state index contributed by atoms with van der Waals surface area (Å²) in [6, 6.07) is 6.41. The predicted molar refractivity (Wildman–Crippen MR) is 73.4 cm³/mol. The molecule has 0 aliphatic rings. The molecule has 1 N–H and O–H groups in total. The summed E-state index contributed by atoms with van der Waals surface area (Å²) < 4.78 is 30.2. The van der Waals surface area contributed by atoms with E-state index in [0.717, 1.165) is 25.1 Å². The average molecular weight is 271 g/mol.